The fourth-order valence-corrected chi connectivity index (χ4v) is 3.99. The second kappa shape index (κ2) is 12.9. The quantitative estimate of drug-likeness (QED) is 0.294. The first-order valence-corrected chi connectivity index (χ1v) is 11.8. The molecule has 3 rings (SSSR count). The summed E-state index contributed by atoms with van der Waals surface area (Å²) in [6.07, 6.45) is 7.40. The summed E-state index contributed by atoms with van der Waals surface area (Å²) < 4.78 is 16.3. The lowest BCUT2D eigenvalue weighted by Gasteiger charge is -2.25. The molecule has 0 N–H and O–H groups in total. The SMILES string of the molecule is COc1ccc(/C=C\c2ccccc2)c(CCC(C)N(C)CCc2ccc(OC)c(OC)c2)c1. The van der Waals surface area contributed by atoms with E-state index < -0.39 is 0 Å². The maximum atomic E-state index is 5.50. The highest BCUT2D eigenvalue weighted by molar-refractivity contribution is 5.71. The van der Waals surface area contributed by atoms with E-state index >= 15 is 0 Å². The van der Waals surface area contributed by atoms with Crippen LogP contribution in [0, 0.1) is 0 Å². The summed E-state index contributed by atoms with van der Waals surface area (Å²) in [6, 6.07) is 23.4. The maximum Gasteiger partial charge on any atom is 0.160 e. The predicted octanol–water partition coefficient (Wildman–Crippen LogP) is 6.38. The molecule has 0 amide bonds. The molecule has 3 aromatic carbocycles. The number of rotatable bonds is 12. The molecule has 180 valence electrons. The van der Waals surface area contributed by atoms with Crippen LogP contribution in [0.1, 0.15) is 35.6 Å². The highest BCUT2D eigenvalue weighted by Gasteiger charge is 2.12. The van der Waals surface area contributed by atoms with Crippen LogP contribution < -0.4 is 14.2 Å². The average molecular weight is 460 g/mol. The molecule has 0 heterocycles. The summed E-state index contributed by atoms with van der Waals surface area (Å²) in [5.74, 6) is 2.45. The van der Waals surface area contributed by atoms with E-state index in [0.717, 1.165) is 43.1 Å². The van der Waals surface area contributed by atoms with E-state index in [1.807, 2.05) is 18.2 Å². The number of ether oxygens (including phenoxy) is 3. The molecule has 0 saturated heterocycles. The minimum Gasteiger partial charge on any atom is -0.497 e. The Balaban J connectivity index is 1.60. The molecular formula is C30H37NO3. The summed E-state index contributed by atoms with van der Waals surface area (Å²) in [5, 5.41) is 0. The van der Waals surface area contributed by atoms with Crippen molar-refractivity contribution < 1.29 is 14.2 Å². The number of nitrogens with zero attached hydrogens (tertiary/aromatic N) is 1. The van der Waals surface area contributed by atoms with Gasteiger partial charge >= 0.3 is 0 Å². The molecule has 0 saturated carbocycles. The van der Waals surface area contributed by atoms with Crippen molar-refractivity contribution in [1.29, 1.82) is 0 Å². The van der Waals surface area contributed by atoms with Crippen LogP contribution in [0.3, 0.4) is 0 Å². The van der Waals surface area contributed by atoms with E-state index in [-0.39, 0.29) is 0 Å². The predicted molar refractivity (Wildman–Crippen MR) is 142 cm³/mol. The fourth-order valence-electron chi connectivity index (χ4n) is 3.99. The molecule has 0 radical (unpaired) electrons. The maximum absolute atomic E-state index is 5.50. The van der Waals surface area contributed by atoms with E-state index in [0.29, 0.717) is 6.04 Å². The van der Waals surface area contributed by atoms with Crippen LogP contribution in [0.5, 0.6) is 17.2 Å². The minimum atomic E-state index is 0.456. The number of methoxy groups -OCH3 is 3. The van der Waals surface area contributed by atoms with E-state index in [2.05, 4.69) is 79.6 Å². The Hall–Kier alpha value is -3.24. The molecule has 0 spiro atoms. The van der Waals surface area contributed by atoms with Gasteiger partial charge in [-0.1, -0.05) is 54.6 Å². The third-order valence-electron chi connectivity index (χ3n) is 6.39. The second-order valence-electron chi connectivity index (χ2n) is 8.62. The zero-order valence-corrected chi connectivity index (χ0v) is 21.1. The lowest BCUT2D eigenvalue weighted by Crippen LogP contribution is -2.31. The molecule has 0 aliphatic rings. The molecule has 3 aromatic rings. The van der Waals surface area contributed by atoms with Crippen molar-refractivity contribution in [3.8, 4) is 17.2 Å². The largest absolute Gasteiger partial charge is 0.497 e. The summed E-state index contributed by atoms with van der Waals surface area (Å²) in [5.41, 5.74) is 5.00. The first-order chi connectivity index (χ1) is 16.5. The Morgan fingerprint density at radius 3 is 2.26 bits per heavy atom. The first-order valence-electron chi connectivity index (χ1n) is 11.8. The monoisotopic (exact) mass is 459 g/mol. The third kappa shape index (κ3) is 7.13. The number of hydrogen-bond donors (Lipinski definition) is 0. The van der Waals surface area contributed by atoms with Gasteiger partial charge in [0.25, 0.3) is 0 Å². The van der Waals surface area contributed by atoms with Crippen LogP contribution in [0.4, 0.5) is 0 Å². The van der Waals surface area contributed by atoms with Crippen molar-refractivity contribution >= 4 is 12.2 Å². The number of likely N-dealkylation sites (N-methyl/N-ethyl adjacent to an activating group) is 1. The molecule has 0 aromatic heterocycles. The second-order valence-corrected chi connectivity index (χ2v) is 8.62. The van der Waals surface area contributed by atoms with Crippen LogP contribution in [0.15, 0.2) is 66.7 Å². The Bertz CT molecular complexity index is 1060. The van der Waals surface area contributed by atoms with Gasteiger partial charge in [0, 0.05) is 12.6 Å². The van der Waals surface area contributed by atoms with Gasteiger partial charge in [0.2, 0.25) is 0 Å². The molecule has 1 atom stereocenters. The van der Waals surface area contributed by atoms with Gasteiger partial charge in [-0.3, -0.25) is 0 Å². The fraction of sp³-hybridized carbons (Fsp3) is 0.333. The molecule has 0 fully saturated rings. The minimum absolute atomic E-state index is 0.456. The number of benzene rings is 3. The molecule has 34 heavy (non-hydrogen) atoms. The summed E-state index contributed by atoms with van der Waals surface area (Å²) in [4.78, 5) is 2.43. The zero-order chi connectivity index (χ0) is 24.3. The lowest BCUT2D eigenvalue weighted by atomic mass is 9.98. The van der Waals surface area contributed by atoms with Crippen LogP contribution in [-0.2, 0) is 12.8 Å². The average Bonchev–Trinajstić information content (AvgIpc) is 2.89. The lowest BCUT2D eigenvalue weighted by molar-refractivity contribution is 0.249. The van der Waals surface area contributed by atoms with Gasteiger partial charge in [-0.25, -0.2) is 0 Å². The normalized spacial score (nSPS) is 12.2. The Morgan fingerprint density at radius 2 is 1.56 bits per heavy atom. The highest BCUT2D eigenvalue weighted by Crippen LogP contribution is 2.28. The Morgan fingerprint density at radius 1 is 0.794 bits per heavy atom. The van der Waals surface area contributed by atoms with E-state index in [1.165, 1.54) is 22.3 Å². The molecule has 0 aliphatic heterocycles. The van der Waals surface area contributed by atoms with Gasteiger partial charge in [-0.15, -0.1) is 0 Å². The van der Waals surface area contributed by atoms with Gasteiger partial charge in [0.1, 0.15) is 5.75 Å². The molecule has 1 unspecified atom stereocenters. The summed E-state index contributed by atoms with van der Waals surface area (Å²) in [6.45, 7) is 3.28. The highest BCUT2D eigenvalue weighted by atomic mass is 16.5. The molecular weight excluding hydrogens is 422 g/mol. The topological polar surface area (TPSA) is 30.9 Å². The van der Waals surface area contributed by atoms with Crippen molar-refractivity contribution in [3.63, 3.8) is 0 Å². The van der Waals surface area contributed by atoms with Crippen molar-refractivity contribution in [1.82, 2.24) is 4.90 Å². The molecule has 4 heteroatoms. The smallest absolute Gasteiger partial charge is 0.160 e. The van der Waals surface area contributed by atoms with Crippen molar-refractivity contribution in [2.45, 2.75) is 32.2 Å². The van der Waals surface area contributed by atoms with E-state index in [9.17, 15) is 0 Å². The van der Waals surface area contributed by atoms with Gasteiger partial charge in [0.05, 0.1) is 21.3 Å². The van der Waals surface area contributed by atoms with Crippen LogP contribution in [0.2, 0.25) is 0 Å². The van der Waals surface area contributed by atoms with Gasteiger partial charge in [0.15, 0.2) is 11.5 Å². The molecule has 0 aliphatic carbocycles. The van der Waals surface area contributed by atoms with Crippen LogP contribution in [-0.4, -0.2) is 45.9 Å². The zero-order valence-electron chi connectivity index (χ0n) is 21.1. The Kier molecular flexibility index (Phi) is 9.60. The number of aryl methyl sites for hydroxylation is 1. The third-order valence-corrected chi connectivity index (χ3v) is 6.39. The van der Waals surface area contributed by atoms with Crippen molar-refractivity contribution in [3.05, 3.63) is 89.0 Å². The van der Waals surface area contributed by atoms with Crippen molar-refractivity contribution in [2.75, 3.05) is 34.9 Å². The standard InChI is InChI=1S/C30H37NO3/c1-23(31(2)20-19-25-13-18-29(33-4)30(21-25)34-5)11-14-27-22-28(32-3)17-16-26(27)15-12-24-9-7-6-8-10-24/h6-10,12-13,15-18,21-23H,11,14,19-20H2,1-5H3/b15-12-. The number of hydrogen-bond acceptors (Lipinski definition) is 4. The van der Waals surface area contributed by atoms with Crippen LogP contribution in [0.25, 0.3) is 12.2 Å². The molecule has 4 nitrogen and oxygen atoms in total. The van der Waals surface area contributed by atoms with Gasteiger partial charge in [-0.05, 0) is 79.8 Å². The summed E-state index contributed by atoms with van der Waals surface area (Å²) in [7, 11) is 7.27. The Labute approximate surface area is 204 Å². The first kappa shape index (κ1) is 25.4. The summed E-state index contributed by atoms with van der Waals surface area (Å²) >= 11 is 0. The van der Waals surface area contributed by atoms with E-state index in [1.54, 1.807) is 21.3 Å². The van der Waals surface area contributed by atoms with Gasteiger partial charge in [-0.2, -0.15) is 0 Å². The molecule has 0 bridgehead atoms. The van der Waals surface area contributed by atoms with Crippen molar-refractivity contribution in [2.24, 2.45) is 0 Å². The van der Waals surface area contributed by atoms with E-state index in [4.69, 9.17) is 14.2 Å². The van der Waals surface area contributed by atoms with Gasteiger partial charge < -0.3 is 19.1 Å². The van der Waals surface area contributed by atoms with Crippen LogP contribution >= 0.6 is 0 Å².